The third-order valence-corrected chi connectivity index (χ3v) is 7.98. The van der Waals surface area contributed by atoms with Gasteiger partial charge in [-0.15, -0.1) is 0 Å². The van der Waals surface area contributed by atoms with Gasteiger partial charge in [0.2, 0.25) is 0 Å². The SMILES string of the molecule is O=S(Nc1noc2c1CC1(CC1)c1ccc(Br)cc1-2)c1ccc2c(c1)CCC2. The molecule has 0 radical (unpaired) electrons. The molecular formula is C22H19BrN2O2S. The fourth-order valence-electron chi connectivity index (χ4n) is 4.77. The van der Waals surface area contributed by atoms with Crippen LogP contribution in [-0.4, -0.2) is 9.37 Å². The maximum Gasteiger partial charge on any atom is 0.185 e. The van der Waals surface area contributed by atoms with Gasteiger partial charge in [0, 0.05) is 21.0 Å². The van der Waals surface area contributed by atoms with Crippen LogP contribution in [0.4, 0.5) is 5.82 Å². The molecule has 0 aliphatic heterocycles. The van der Waals surface area contributed by atoms with Gasteiger partial charge < -0.3 is 4.52 Å². The quantitative estimate of drug-likeness (QED) is 0.582. The molecule has 142 valence electrons. The number of anilines is 1. The molecule has 1 unspecified atom stereocenters. The Hall–Kier alpha value is -1.92. The van der Waals surface area contributed by atoms with E-state index in [0.29, 0.717) is 5.82 Å². The molecule has 0 bridgehead atoms. The Labute approximate surface area is 174 Å². The molecule has 1 fully saturated rings. The molecular weight excluding hydrogens is 436 g/mol. The smallest absolute Gasteiger partial charge is 0.185 e. The number of halogens is 1. The van der Waals surface area contributed by atoms with Crippen molar-refractivity contribution in [1.29, 1.82) is 0 Å². The van der Waals surface area contributed by atoms with Gasteiger partial charge in [-0.3, -0.25) is 4.72 Å². The topological polar surface area (TPSA) is 55.1 Å². The van der Waals surface area contributed by atoms with Crippen LogP contribution in [0.1, 0.15) is 41.5 Å². The second-order valence-electron chi connectivity index (χ2n) is 8.14. The van der Waals surface area contributed by atoms with Crippen LogP contribution < -0.4 is 4.72 Å². The van der Waals surface area contributed by atoms with Gasteiger partial charge in [-0.2, -0.15) is 0 Å². The van der Waals surface area contributed by atoms with Crippen LogP contribution in [0, 0.1) is 0 Å². The Morgan fingerprint density at radius 3 is 2.82 bits per heavy atom. The maximum absolute atomic E-state index is 13.0. The van der Waals surface area contributed by atoms with Crippen molar-refractivity contribution in [1.82, 2.24) is 5.16 Å². The van der Waals surface area contributed by atoms with Crippen molar-refractivity contribution in [3.63, 3.8) is 0 Å². The van der Waals surface area contributed by atoms with Crippen LogP contribution in [0.15, 0.2) is 50.3 Å². The number of aromatic nitrogens is 1. The molecule has 2 aromatic carbocycles. The first-order valence-corrected chi connectivity index (χ1v) is 11.7. The standard InChI is InChI=1S/C22H19BrN2O2S/c23-15-5-7-19-17(11-15)20-18(12-22(19)8-9-22)21(24-27-20)25-28(26)16-6-4-13-2-1-3-14(13)10-16/h4-7,10-11H,1-3,8-9,12H2,(H,24,25). The zero-order valence-corrected chi connectivity index (χ0v) is 17.7. The van der Waals surface area contributed by atoms with Crippen LogP contribution in [0.25, 0.3) is 11.3 Å². The van der Waals surface area contributed by atoms with Gasteiger partial charge in [0.1, 0.15) is 0 Å². The summed E-state index contributed by atoms with van der Waals surface area (Å²) in [6.45, 7) is 0. The van der Waals surface area contributed by atoms with Crippen LogP contribution in [0.2, 0.25) is 0 Å². The molecule has 1 atom stereocenters. The van der Waals surface area contributed by atoms with Gasteiger partial charge in [-0.1, -0.05) is 33.2 Å². The number of hydrogen-bond donors (Lipinski definition) is 1. The van der Waals surface area contributed by atoms with E-state index in [1.807, 2.05) is 6.07 Å². The summed E-state index contributed by atoms with van der Waals surface area (Å²) in [5.74, 6) is 1.42. The molecule has 28 heavy (non-hydrogen) atoms. The van der Waals surface area contributed by atoms with E-state index in [2.05, 4.69) is 56.1 Å². The normalized spacial score (nSPS) is 19.0. The Kier molecular flexibility index (Phi) is 3.66. The van der Waals surface area contributed by atoms with E-state index >= 15 is 0 Å². The summed E-state index contributed by atoms with van der Waals surface area (Å²) < 4.78 is 22.9. The first-order valence-electron chi connectivity index (χ1n) is 9.72. The minimum Gasteiger partial charge on any atom is -0.354 e. The number of nitrogens with one attached hydrogen (secondary N) is 1. The van der Waals surface area contributed by atoms with Gasteiger partial charge in [0.25, 0.3) is 0 Å². The highest BCUT2D eigenvalue weighted by Gasteiger charge is 2.50. The molecule has 0 amide bonds. The van der Waals surface area contributed by atoms with Crippen LogP contribution in [0.5, 0.6) is 0 Å². The Morgan fingerprint density at radius 1 is 1.11 bits per heavy atom. The van der Waals surface area contributed by atoms with Crippen molar-refractivity contribution in [3.8, 4) is 11.3 Å². The first-order chi connectivity index (χ1) is 13.6. The molecule has 1 heterocycles. The van der Waals surface area contributed by atoms with Crippen molar-refractivity contribution in [3.05, 3.63) is 63.1 Å². The lowest BCUT2D eigenvalue weighted by Gasteiger charge is -2.24. The lowest BCUT2D eigenvalue weighted by Crippen LogP contribution is -2.18. The highest BCUT2D eigenvalue weighted by atomic mass is 79.9. The van der Waals surface area contributed by atoms with E-state index in [0.717, 1.165) is 45.5 Å². The summed E-state index contributed by atoms with van der Waals surface area (Å²) in [4.78, 5) is 0.803. The number of benzene rings is 2. The predicted octanol–water partition coefficient (Wildman–Crippen LogP) is 5.32. The summed E-state index contributed by atoms with van der Waals surface area (Å²) in [5.41, 5.74) is 6.42. The number of hydrogen-bond acceptors (Lipinski definition) is 3. The van der Waals surface area contributed by atoms with Gasteiger partial charge in [-0.05, 0) is 79.5 Å². The van der Waals surface area contributed by atoms with Crippen LogP contribution in [0.3, 0.4) is 0 Å². The van der Waals surface area contributed by atoms with Crippen molar-refractivity contribution < 1.29 is 8.73 Å². The third kappa shape index (κ3) is 2.54. The highest BCUT2D eigenvalue weighted by Crippen LogP contribution is 2.58. The zero-order valence-electron chi connectivity index (χ0n) is 15.3. The molecule has 1 spiro atoms. The van der Waals surface area contributed by atoms with Crippen LogP contribution in [-0.2, 0) is 35.7 Å². The van der Waals surface area contributed by atoms with E-state index in [4.69, 9.17) is 4.52 Å². The number of rotatable bonds is 3. The summed E-state index contributed by atoms with van der Waals surface area (Å²) in [6, 6.07) is 12.6. The summed E-state index contributed by atoms with van der Waals surface area (Å²) in [5, 5.41) is 4.26. The van der Waals surface area contributed by atoms with Crippen molar-refractivity contribution >= 4 is 32.7 Å². The summed E-state index contributed by atoms with van der Waals surface area (Å²) in [7, 11) is -1.35. The molecule has 6 heteroatoms. The molecule has 0 saturated heterocycles. The van der Waals surface area contributed by atoms with Crippen LogP contribution >= 0.6 is 15.9 Å². The molecule has 1 saturated carbocycles. The van der Waals surface area contributed by atoms with E-state index in [1.165, 1.54) is 36.0 Å². The highest BCUT2D eigenvalue weighted by molar-refractivity contribution is 9.10. The van der Waals surface area contributed by atoms with Gasteiger partial charge in [-0.25, -0.2) is 4.21 Å². The maximum atomic E-state index is 13.0. The monoisotopic (exact) mass is 454 g/mol. The van der Waals surface area contributed by atoms with Crippen molar-refractivity contribution in [2.75, 3.05) is 4.72 Å². The molecule has 1 N–H and O–H groups in total. The molecule has 4 nitrogen and oxygen atoms in total. The fourth-order valence-corrected chi connectivity index (χ4v) is 6.03. The fraction of sp³-hybridized carbons (Fsp3) is 0.318. The lowest BCUT2D eigenvalue weighted by molar-refractivity contribution is 0.431. The molecule has 3 aromatic rings. The molecule has 3 aliphatic carbocycles. The predicted molar refractivity (Wildman–Crippen MR) is 113 cm³/mol. The number of aryl methyl sites for hydroxylation is 2. The van der Waals surface area contributed by atoms with E-state index < -0.39 is 11.0 Å². The third-order valence-electron chi connectivity index (χ3n) is 6.43. The van der Waals surface area contributed by atoms with E-state index in [9.17, 15) is 4.21 Å². The van der Waals surface area contributed by atoms with Crippen molar-refractivity contribution in [2.24, 2.45) is 0 Å². The van der Waals surface area contributed by atoms with E-state index in [-0.39, 0.29) is 5.41 Å². The number of fused-ring (bicyclic) bond motifs is 5. The second-order valence-corrected chi connectivity index (χ2v) is 10.3. The van der Waals surface area contributed by atoms with Crippen molar-refractivity contribution in [2.45, 2.75) is 48.8 Å². The lowest BCUT2D eigenvalue weighted by atomic mass is 9.79. The minimum absolute atomic E-state index is 0.195. The second kappa shape index (κ2) is 6.04. The van der Waals surface area contributed by atoms with Gasteiger partial charge in [0.05, 0.1) is 4.90 Å². The molecule has 1 aromatic heterocycles. The summed E-state index contributed by atoms with van der Waals surface area (Å²) >= 11 is 3.58. The molecule has 3 aliphatic rings. The van der Waals surface area contributed by atoms with E-state index in [1.54, 1.807) is 0 Å². The summed E-state index contributed by atoms with van der Waals surface area (Å²) in [6.07, 6.45) is 6.65. The molecule has 6 rings (SSSR count). The average Bonchev–Trinajstić information content (AvgIpc) is 3.12. The number of nitrogens with zero attached hydrogens (tertiary/aromatic N) is 1. The first kappa shape index (κ1) is 17.0. The van der Waals surface area contributed by atoms with Gasteiger partial charge in [0.15, 0.2) is 22.6 Å². The van der Waals surface area contributed by atoms with Gasteiger partial charge >= 0.3 is 0 Å². The Bertz CT molecular complexity index is 1150. The Morgan fingerprint density at radius 2 is 1.96 bits per heavy atom. The largest absolute Gasteiger partial charge is 0.354 e. The minimum atomic E-state index is -1.35. The zero-order chi connectivity index (χ0) is 18.9. The Balaban J connectivity index is 1.36. The average molecular weight is 455 g/mol.